The Morgan fingerprint density at radius 3 is 1.87 bits per heavy atom. The Morgan fingerprint density at radius 2 is 1.36 bits per heavy atom. The standard InChI is InChI=1S/C32H24N2O5/c1-2-38-32(37)19-13-11-18(12-14-19)25-16-15-20(39-25)17-33-34-30(35)28-26-21-7-3-4-8-22(21)27(29(28)31(34)36)24-10-6-5-9-23(24)26/h3-17,26-29H,2H2,1H3/b33-17-/t26?,27?,28-,29-/m1/s1. The van der Waals surface area contributed by atoms with Crippen LogP contribution in [-0.2, 0) is 14.3 Å². The second-order valence-corrected chi connectivity index (χ2v) is 10.00. The van der Waals surface area contributed by atoms with Gasteiger partial charge in [0.25, 0.3) is 11.8 Å². The van der Waals surface area contributed by atoms with Gasteiger partial charge in [-0.05, 0) is 53.4 Å². The molecule has 0 spiro atoms. The number of hydrogen-bond acceptors (Lipinski definition) is 6. The third-order valence-corrected chi connectivity index (χ3v) is 8.03. The summed E-state index contributed by atoms with van der Waals surface area (Å²) in [6, 6.07) is 26.7. The minimum absolute atomic E-state index is 0.170. The van der Waals surface area contributed by atoms with Gasteiger partial charge in [-0.25, -0.2) is 4.79 Å². The summed E-state index contributed by atoms with van der Waals surface area (Å²) in [5.74, 6) is -1.24. The molecule has 1 saturated heterocycles. The molecular weight excluding hydrogens is 492 g/mol. The van der Waals surface area contributed by atoms with Crippen LogP contribution >= 0.6 is 0 Å². The molecule has 2 heterocycles. The van der Waals surface area contributed by atoms with Gasteiger partial charge < -0.3 is 9.15 Å². The van der Waals surface area contributed by atoms with Crippen LogP contribution in [0.15, 0.2) is 94.4 Å². The van der Waals surface area contributed by atoms with Gasteiger partial charge in [-0.1, -0.05) is 60.7 Å². The lowest BCUT2D eigenvalue weighted by Crippen LogP contribution is -2.41. The van der Waals surface area contributed by atoms with Gasteiger partial charge in [0.05, 0.1) is 30.2 Å². The van der Waals surface area contributed by atoms with Gasteiger partial charge >= 0.3 is 5.97 Å². The quantitative estimate of drug-likeness (QED) is 0.203. The van der Waals surface area contributed by atoms with Gasteiger partial charge in [0, 0.05) is 17.4 Å². The molecule has 3 aliphatic carbocycles. The number of benzene rings is 3. The van der Waals surface area contributed by atoms with Gasteiger partial charge in [-0.3, -0.25) is 9.59 Å². The molecule has 4 aromatic rings. The molecule has 1 aliphatic heterocycles. The molecule has 0 saturated carbocycles. The number of nitrogens with zero attached hydrogens (tertiary/aromatic N) is 2. The van der Waals surface area contributed by atoms with E-state index in [9.17, 15) is 14.4 Å². The number of carbonyl (C=O) groups is 3. The van der Waals surface area contributed by atoms with Crippen LogP contribution in [0.5, 0.6) is 0 Å². The highest BCUT2D eigenvalue weighted by atomic mass is 16.5. The summed E-state index contributed by atoms with van der Waals surface area (Å²) in [5.41, 5.74) is 5.73. The van der Waals surface area contributed by atoms with Crippen LogP contribution in [0.1, 0.15) is 57.1 Å². The third kappa shape index (κ3) is 3.50. The molecule has 2 amide bonds. The molecule has 2 bridgehead atoms. The predicted molar refractivity (Wildman–Crippen MR) is 143 cm³/mol. The van der Waals surface area contributed by atoms with Crippen molar-refractivity contribution in [2.24, 2.45) is 16.9 Å². The maximum Gasteiger partial charge on any atom is 0.338 e. The lowest BCUT2D eigenvalue weighted by Gasteiger charge is -2.45. The van der Waals surface area contributed by atoms with Gasteiger partial charge in [-0.2, -0.15) is 10.1 Å². The van der Waals surface area contributed by atoms with Crippen molar-refractivity contribution in [1.29, 1.82) is 0 Å². The number of carbonyl (C=O) groups excluding carboxylic acids is 3. The molecule has 3 aromatic carbocycles. The maximum atomic E-state index is 13.7. The molecular formula is C32H24N2O5. The first-order valence-corrected chi connectivity index (χ1v) is 13.0. The van der Waals surface area contributed by atoms with Crippen LogP contribution in [-0.4, -0.2) is 35.6 Å². The zero-order valence-electron chi connectivity index (χ0n) is 21.1. The number of amides is 2. The normalized spacial score (nSPS) is 22.6. The highest BCUT2D eigenvalue weighted by Gasteiger charge is 2.61. The van der Waals surface area contributed by atoms with Crippen LogP contribution < -0.4 is 0 Å². The molecule has 0 radical (unpaired) electrons. The summed E-state index contributed by atoms with van der Waals surface area (Å²) in [6.07, 6.45) is 1.41. The fourth-order valence-electron chi connectivity index (χ4n) is 6.45. The number of rotatable bonds is 5. The Morgan fingerprint density at radius 1 is 0.821 bits per heavy atom. The van der Waals surface area contributed by atoms with Gasteiger partial charge in [0.2, 0.25) is 0 Å². The first kappa shape index (κ1) is 23.3. The van der Waals surface area contributed by atoms with Crippen molar-refractivity contribution in [2.45, 2.75) is 18.8 Å². The highest BCUT2D eigenvalue weighted by Crippen LogP contribution is 2.60. The summed E-state index contributed by atoms with van der Waals surface area (Å²) >= 11 is 0. The van der Waals surface area contributed by atoms with Crippen molar-refractivity contribution in [3.8, 4) is 11.3 Å². The Kier molecular flexibility index (Phi) is 5.33. The largest absolute Gasteiger partial charge is 0.462 e. The van der Waals surface area contributed by atoms with E-state index in [0.717, 1.165) is 32.8 Å². The van der Waals surface area contributed by atoms with E-state index < -0.39 is 11.8 Å². The number of ether oxygens (including phenoxy) is 1. The van der Waals surface area contributed by atoms with E-state index in [-0.39, 0.29) is 29.6 Å². The Hall–Kier alpha value is -4.78. The molecule has 0 N–H and O–H groups in total. The Bertz CT molecular complexity index is 1550. The molecule has 7 nitrogen and oxygen atoms in total. The van der Waals surface area contributed by atoms with E-state index in [1.165, 1.54) is 6.21 Å². The van der Waals surface area contributed by atoms with E-state index in [4.69, 9.17) is 9.15 Å². The van der Waals surface area contributed by atoms with Crippen LogP contribution in [0.2, 0.25) is 0 Å². The topological polar surface area (TPSA) is 89.2 Å². The molecule has 7 heteroatoms. The van der Waals surface area contributed by atoms with E-state index in [1.54, 1.807) is 43.3 Å². The summed E-state index contributed by atoms with van der Waals surface area (Å²) in [7, 11) is 0. The molecule has 2 atom stereocenters. The molecule has 1 fully saturated rings. The monoisotopic (exact) mass is 516 g/mol. The van der Waals surface area contributed by atoms with E-state index >= 15 is 0 Å². The van der Waals surface area contributed by atoms with Crippen LogP contribution in [0.3, 0.4) is 0 Å². The SMILES string of the molecule is CCOC(=O)c1ccc(-c2ccc(/C=N\N3C(=O)[C@@H]4C5c6ccccc6C(c6ccccc65)[C@H]4C3=O)o2)cc1. The number of hydrazone groups is 1. The highest BCUT2D eigenvalue weighted by molar-refractivity contribution is 6.08. The smallest absolute Gasteiger partial charge is 0.338 e. The summed E-state index contributed by atoms with van der Waals surface area (Å²) < 4.78 is 10.9. The van der Waals surface area contributed by atoms with Crippen molar-refractivity contribution in [2.75, 3.05) is 6.61 Å². The molecule has 1 aromatic heterocycles. The average Bonchev–Trinajstić information content (AvgIpc) is 3.55. The van der Waals surface area contributed by atoms with Gasteiger partial charge in [0.1, 0.15) is 11.5 Å². The van der Waals surface area contributed by atoms with Gasteiger partial charge in [-0.15, -0.1) is 0 Å². The number of imide groups is 1. The molecule has 0 unspecified atom stereocenters. The second kappa shape index (κ2) is 8.91. The lowest BCUT2D eigenvalue weighted by atomic mass is 9.55. The average molecular weight is 517 g/mol. The molecule has 4 aliphatic rings. The fraction of sp³-hybridized carbons (Fsp3) is 0.188. The summed E-state index contributed by atoms with van der Waals surface area (Å²) in [4.78, 5) is 39.2. The van der Waals surface area contributed by atoms with Crippen molar-refractivity contribution in [1.82, 2.24) is 5.01 Å². The third-order valence-electron chi connectivity index (χ3n) is 8.03. The number of esters is 1. The van der Waals surface area contributed by atoms with E-state index in [0.29, 0.717) is 23.7 Å². The van der Waals surface area contributed by atoms with Crippen molar-refractivity contribution in [3.05, 3.63) is 119 Å². The number of furan rings is 1. The molecule has 192 valence electrons. The first-order chi connectivity index (χ1) is 19.1. The minimum Gasteiger partial charge on any atom is -0.462 e. The number of hydrogen-bond donors (Lipinski definition) is 0. The van der Waals surface area contributed by atoms with Crippen molar-refractivity contribution < 1.29 is 23.5 Å². The second-order valence-electron chi connectivity index (χ2n) is 10.00. The minimum atomic E-state index is -0.477. The zero-order valence-corrected chi connectivity index (χ0v) is 21.1. The predicted octanol–water partition coefficient (Wildman–Crippen LogP) is 5.35. The Labute approximate surface area is 224 Å². The van der Waals surface area contributed by atoms with Crippen LogP contribution in [0.25, 0.3) is 11.3 Å². The lowest BCUT2D eigenvalue weighted by molar-refractivity contribution is -0.139. The fourth-order valence-corrected chi connectivity index (χ4v) is 6.45. The van der Waals surface area contributed by atoms with Crippen LogP contribution in [0, 0.1) is 11.8 Å². The first-order valence-electron chi connectivity index (χ1n) is 13.0. The summed E-state index contributed by atoms with van der Waals surface area (Å²) in [5, 5.41) is 5.35. The molecule has 8 rings (SSSR count). The summed E-state index contributed by atoms with van der Waals surface area (Å²) in [6.45, 7) is 2.07. The van der Waals surface area contributed by atoms with Crippen molar-refractivity contribution in [3.63, 3.8) is 0 Å². The maximum absolute atomic E-state index is 13.7. The van der Waals surface area contributed by atoms with Crippen molar-refractivity contribution >= 4 is 24.0 Å². The Balaban J connectivity index is 1.16. The van der Waals surface area contributed by atoms with Gasteiger partial charge in [0.15, 0.2) is 0 Å². The van der Waals surface area contributed by atoms with E-state index in [2.05, 4.69) is 29.4 Å². The molecule has 39 heavy (non-hydrogen) atoms. The van der Waals surface area contributed by atoms with E-state index in [1.807, 2.05) is 24.3 Å². The zero-order chi connectivity index (χ0) is 26.7. The van der Waals surface area contributed by atoms with Crippen LogP contribution in [0.4, 0.5) is 0 Å².